The molecule has 0 spiro atoms. The van der Waals surface area contributed by atoms with Crippen molar-refractivity contribution in [3.05, 3.63) is 12.2 Å². The largest absolute Gasteiger partial charge is 0.462 e. The molecule has 0 fully saturated rings. The number of esters is 2. The van der Waals surface area contributed by atoms with Crippen LogP contribution < -0.4 is 16.4 Å². The molecule has 0 saturated carbocycles. The molecule has 156 valence electrons. The van der Waals surface area contributed by atoms with Crippen molar-refractivity contribution in [2.45, 2.75) is 26.4 Å². The number of nitrogens with two attached hydrogens (primary N) is 1. The molecule has 28 heavy (non-hydrogen) atoms. The predicted molar refractivity (Wildman–Crippen MR) is 101 cm³/mol. The first-order valence-electron chi connectivity index (χ1n) is 8.61. The molecule has 11 heteroatoms. The van der Waals surface area contributed by atoms with Gasteiger partial charge in [-0.25, -0.2) is 4.79 Å². The number of carbonyl (C=O) groups excluding carboxylic acids is 5. The lowest BCUT2D eigenvalue weighted by Crippen LogP contribution is -2.50. The van der Waals surface area contributed by atoms with Gasteiger partial charge in [0, 0.05) is 36.8 Å². The Labute approximate surface area is 166 Å². The summed E-state index contributed by atoms with van der Waals surface area (Å²) in [7, 11) is 0. The molecule has 1 aliphatic rings. The van der Waals surface area contributed by atoms with Crippen LogP contribution in [-0.2, 0) is 33.4 Å². The van der Waals surface area contributed by atoms with Crippen molar-refractivity contribution in [1.82, 2.24) is 10.6 Å². The molecule has 0 aromatic rings. The third kappa shape index (κ3) is 8.53. The highest BCUT2D eigenvalue weighted by Gasteiger charge is 2.39. The smallest absolute Gasteiger partial charge is 0.330 e. The average Bonchev–Trinajstić information content (AvgIpc) is 2.65. The second-order valence-corrected chi connectivity index (χ2v) is 7.66. The summed E-state index contributed by atoms with van der Waals surface area (Å²) in [5.74, 6) is -2.18. The molecule has 1 rings (SSSR count). The van der Waals surface area contributed by atoms with Gasteiger partial charge in [-0.3, -0.25) is 19.2 Å². The maximum absolute atomic E-state index is 12.5. The molecule has 1 heterocycles. The fourth-order valence-electron chi connectivity index (χ4n) is 2.14. The van der Waals surface area contributed by atoms with Crippen molar-refractivity contribution in [3.8, 4) is 0 Å². The zero-order valence-electron chi connectivity index (χ0n) is 15.8. The minimum atomic E-state index is -1.30. The van der Waals surface area contributed by atoms with Crippen LogP contribution in [0.1, 0.15) is 20.3 Å². The van der Waals surface area contributed by atoms with Gasteiger partial charge in [0.25, 0.3) is 5.91 Å². The molecular weight excluding hydrogens is 390 g/mol. The number of hydrogen-bond acceptors (Lipinski definition) is 9. The van der Waals surface area contributed by atoms with Crippen molar-refractivity contribution in [2.75, 3.05) is 32.0 Å². The second kappa shape index (κ2) is 11.4. The van der Waals surface area contributed by atoms with Gasteiger partial charge in [-0.05, 0) is 6.08 Å². The van der Waals surface area contributed by atoms with Gasteiger partial charge in [-0.2, -0.15) is 0 Å². The van der Waals surface area contributed by atoms with Crippen molar-refractivity contribution in [2.24, 2.45) is 11.1 Å². The van der Waals surface area contributed by atoms with Gasteiger partial charge >= 0.3 is 11.9 Å². The quantitative estimate of drug-likeness (QED) is 0.476. The topological polar surface area (TPSA) is 154 Å². The van der Waals surface area contributed by atoms with Crippen LogP contribution in [0.15, 0.2) is 12.2 Å². The summed E-state index contributed by atoms with van der Waals surface area (Å²) in [6, 6.07) is 0. The fourth-order valence-corrected chi connectivity index (χ4v) is 2.70. The van der Waals surface area contributed by atoms with E-state index in [0.717, 1.165) is 23.9 Å². The Morgan fingerprint density at radius 1 is 1.25 bits per heavy atom. The van der Waals surface area contributed by atoms with Crippen molar-refractivity contribution in [3.63, 3.8) is 0 Å². The van der Waals surface area contributed by atoms with Gasteiger partial charge in [-0.15, -0.1) is 0 Å². The number of rotatable bonds is 2. The van der Waals surface area contributed by atoms with E-state index in [4.69, 9.17) is 15.2 Å². The average molecular weight is 415 g/mol. The molecule has 0 saturated heterocycles. The minimum absolute atomic E-state index is 0.0111. The molecule has 0 bridgehead atoms. The zero-order valence-corrected chi connectivity index (χ0v) is 16.6. The lowest BCUT2D eigenvalue weighted by molar-refractivity contribution is -0.166. The summed E-state index contributed by atoms with van der Waals surface area (Å²) in [6.45, 7) is 2.73. The summed E-state index contributed by atoms with van der Waals surface area (Å²) >= 11 is 0.943. The summed E-state index contributed by atoms with van der Waals surface area (Å²) < 4.78 is 10.2. The number of cyclic esters (lactones) is 1. The van der Waals surface area contributed by atoms with E-state index >= 15 is 0 Å². The first kappa shape index (κ1) is 23.6. The van der Waals surface area contributed by atoms with Crippen LogP contribution in [0.2, 0.25) is 0 Å². The maximum atomic E-state index is 12.5. The van der Waals surface area contributed by atoms with Crippen LogP contribution in [0.25, 0.3) is 0 Å². The molecule has 0 aromatic heterocycles. The number of thioether (sulfide) groups is 1. The standard InChI is InChI=1S/C17H25N3O7S/c1-17(2)10-26-12(22)3-4-14(24)28-8-7-19-11(21)5-6-20-16(25)15(17)27-13(23)9-18/h3-4,15H,5-10,18H2,1-2H3,(H,19,21)(H,20,25)/b4-3+/t15-/m0/s1. The molecule has 10 nitrogen and oxygen atoms in total. The summed E-state index contributed by atoms with van der Waals surface area (Å²) in [4.78, 5) is 59.4. The van der Waals surface area contributed by atoms with Crippen molar-refractivity contribution < 1.29 is 33.4 Å². The Kier molecular flexibility index (Phi) is 9.66. The Hall–Kier alpha value is -2.40. The first-order chi connectivity index (χ1) is 13.2. The highest BCUT2D eigenvalue weighted by molar-refractivity contribution is 8.14. The molecule has 0 aliphatic carbocycles. The SMILES string of the molecule is CC1(C)COC(=O)/C=C/C(=O)SCCNC(=O)CCNC(=O)[C@@H]1OC(=O)CN. The van der Waals surface area contributed by atoms with E-state index in [2.05, 4.69) is 10.6 Å². The third-order valence-corrected chi connectivity index (χ3v) is 4.45. The van der Waals surface area contributed by atoms with E-state index in [0.29, 0.717) is 5.75 Å². The van der Waals surface area contributed by atoms with Crippen LogP contribution in [0, 0.1) is 5.41 Å². The lowest BCUT2D eigenvalue weighted by atomic mass is 9.86. The normalized spacial score (nSPS) is 23.6. The van der Waals surface area contributed by atoms with Gasteiger partial charge in [0.2, 0.25) is 11.0 Å². The van der Waals surface area contributed by atoms with E-state index in [1.807, 2.05) is 0 Å². The van der Waals surface area contributed by atoms with Gasteiger partial charge in [0.05, 0.1) is 6.54 Å². The lowest BCUT2D eigenvalue weighted by Gasteiger charge is -2.32. The van der Waals surface area contributed by atoms with Crippen LogP contribution in [0.3, 0.4) is 0 Å². The summed E-state index contributed by atoms with van der Waals surface area (Å²) in [6.07, 6.45) is 0.759. The predicted octanol–water partition coefficient (Wildman–Crippen LogP) is -1.12. The van der Waals surface area contributed by atoms with Gasteiger partial charge in [0.15, 0.2) is 6.10 Å². The van der Waals surface area contributed by atoms with E-state index in [-0.39, 0.29) is 37.1 Å². The maximum Gasteiger partial charge on any atom is 0.330 e. The highest BCUT2D eigenvalue weighted by atomic mass is 32.2. The van der Waals surface area contributed by atoms with Crippen LogP contribution in [-0.4, -0.2) is 67.0 Å². The first-order valence-corrected chi connectivity index (χ1v) is 9.60. The Bertz CT molecular complexity index is 649. The molecule has 0 aromatic carbocycles. The highest BCUT2D eigenvalue weighted by Crippen LogP contribution is 2.25. The van der Waals surface area contributed by atoms with Crippen molar-refractivity contribution >= 4 is 40.6 Å². The summed E-state index contributed by atoms with van der Waals surface area (Å²) in [5.41, 5.74) is 4.16. The van der Waals surface area contributed by atoms with Gasteiger partial charge in [0.1, 0.15) is 6.61 Å². The molecular formula is C17H25N3O7S. The number of nitrogens with one attached hydrogen (secondary N) is 2. The molecule has 4 N–H and O–H groups in total. The van der Waals surface area contributed by atoms with Crippen LogP contribution in [0.5, 0.6) is 0 Å². The van der Waals surface area contributed by atoms with Gasteiger partial charge in [-0.1, -0.05) is 25.6 Å². The van der Waals surface area contributed by atoms with E-state index < -0.39 is 35.9 Å². The Morgan fingerprint density at radius 3 is 2.64 bits per heavy atom. The number of ether oxygens (including phenoxy) is 2. The summed E-state index contributed by atoms with van der Waals surface area (Å²) in [5, 5.41) is 4.78. The Morgan fingerprint density at radius 2 is 1.96 bits per heavy atom. The molecule has 1 aliphatic heterocycles. The second-order valence-electron chi connectivity index (χ2n) is 6.56. The minimum Gasteiger partial charge on any atom is -0.462 e. The number of hydrogen-bond donors (Lipinski definition) is 3. The monoisotopic (exact) mass is 415 g/mol. The fraction of sp³-hybridized carbons (Fsp3) is 0.588. The van der Waals surface area contributed by atoms with E-state index in [1.54, 1.807) is 13.8 Å². The van der Waals surface area contributed by atoms with Crippen LogP contribution in [0.4, 0.5) is 0 Å². The van der Waals surface area contributed by atoms with Crippen molar-refractivity contribution in [1.29, 1.82) is 0 Å². The van der Waals surface area contributed by atoms with E-state index in [9.17, 15) is 24.0 Å². The molecule has 1 atom stereocenters. The van der Waals surface area contributed by atoms with Crippen LogP contribution >= 0.6 is 11.8 Å². The Balaban J connectivity index is 2.97. The zero-order chi connectivity index (χ0) is 21.2. The number of amides is 2. The van der Waals surface area contributed by atoms with Gasteiger partial charge < -0.3 is 25.8 Å². The number of carbonyl (C=O) groups is 5. The molecule has 0 radical (unpaired) electrons. The molecule has 2 amide bonds. The third-order valence-electron chi connectivity index (χ3n) is 3.63. The van der Waals surface area contributed by atoms with E-state index in [1.165, 1.54) is 0 Å². The molecule has 0 unspecified atom stereocenters.